The lowest BCUT2D eigenvalue weighted by molar-refractivity contribution is 0.102. The Morgan fingerprint density at radius 3 is 2.67 bits per heavy atom. The third-order valence-corrected chi connectivity index (χ3v) is 4.14. The normalized spacial score (nSPS) is 10.7. The molecule has 4 aromatic rings. The van der Waals surface area contributed by atoms with Gasteiger partial charge >= 0.3 is 0 Å². The SMILES string of the molecule is O=C(Nc1ccc2ncccc2c1)c1ccc(=O)n(Cc2ccccc2)n1. The molecule has 1 amide bonds. The number of nitrogens with zero attached hydrogens (tertiary/aromatic N) is 3. The maximum atomic E-state index is 12.6. The number of carbonyl (C=O) groups is 1. The molecule has 2 aromatic carbocycles. The lowest BCUT2D eigenvalue weighted by Crippen LogP contribution is -2.26. The smallest absolute Gasteiger partial charge is 0.276 e. The van der Waals surface area contributed by atoms with Gasteiger partial charge in [0.2, 0.25) is 0 Å². The minimum atomic E-state index is -0.375. The molecule has 132 valence electrons. The van der Waals surface area contributed by atoms with Crippen molar-refractivity contribution in [3.8, 4) is 0 Å². The first kappa shape index (κ1) is 16.7. The van der Waals surface area contributed by atoms with Crippen LogP contribution in [-0.2, 0) is 6.54 Å². The van der Waals surface area contributed by atoms with Gasteiger partial charge in [-0.05, 0) is 35.9 Å². The topological polar surface area (TPSA) is 76.9 Å². The predicted molar refractivity (Wildman–Crippen MR) is 104 cm³/mol. The largest absolute Gasteiger partial charge is 0.321 e. The van der Waals surface area contributed by atoms with Crippen LogP contribution in [0.5, 0.6) is 0 Å². The summed E-state index contributed by atoms with van der Waals surface area (Å²) < 4.78 is 1.29. The van der Waals surface area contributed by atoms with Crippen LogP contribution in [0.4, 0.5) is 5.69 Å². The Hall–Kier alpha value is -3.80. The molecule has 2 heterocycles. The molecular weight excluding hydrogens is 340 g/mol. The first-order valence-electron chi connectivity index (χ1n) is 8.47. The first-order valence-corrected chi connectivity index (χ1v) is 8.47. The van der Waals surface area contributed by atoms with Crippen LogP contribution in [0.2, 0.25) is 0 Å². The van der Waals surface area contributed by atoms with Gasteiger partial charge in [0.1, 0.15) is 5.69 Å². The number of carbonyl (C=O) groups excluding carboxylic acids is 1. The molecule has 4 rings (SSSR count). The van der Waals surface area contributed by atoms with E-state index in [-0.39, 0.29) is 17.2 Å². The molecule has 1 N–H and O–H groups in total. The van der Waals surface area contributed by atoms with Gasteiger partial charge in [0, 0.05) is 23.3 Å². The van der Waals surface area contributed by atoms with Gasteiger partial charge in [-0.15, -0.1) is 0 Å². The van der Waals surface area contributed by atoms with Crippen LogP contribution in [0.3, 0.4) is 0 Å². The van der Waals surface area contributed by atoms with Gasteiger partial charge in [-0.25, -0.2) is 4.68 Å². The third kappa shape index (κ3) is 3.74. The molecule has 0 bridgehead atoms. The summed E-state index contributed by atoms with van der Waals surface area (Å²) in [7, 11) is 0. The summed E-state index contributed by atoms with van der Waals surface area (Å²) in [5.74, 6) is -0.375. The highest BCUT2D eigenvalue weighted by Gasteiger charge is 2.11. The summed E-state index contributed by atoms with van der Waals surface area (Å²) in [4.78, 5) is 28.9. The van der Waals surface area contributed by atoms with E-state index in [9.17, 15) is 9.59 Å². The number of nitrogens with one attached hydrogen (secondary N) is 1. The molecule has 27 heavy (non-hydrogen) atoms. The molecule has 0 unspecified atom stereocenters. The summed E-state index contributed by atoms with van der Waals surface area (Å²) in [5, 5.41) is 7.95. The molecule has 6 heteroatoms. The Balaban J connectivity index is 1.57. The van der Waals surface area contributed by atoms with Crippen molar-refractivity contribution in [3.63, 3.8) is 0 Å². The van der Waals surface area contributed by atoms with Crippen molar-refractivity contribution in [2.45, 2.75) is 6.54 Å². The molecule has 0 saturated carbocycles. The molecule has 0 radical (unpaired) electrons. The van der Waals surface area contributed by atoms with E-state index in [1.165, 1.54) is 16.8 Å². The minimum absolute atomic E-state index is 0.178. The first-order chi connectivity index (χ1) is 13.2. The van der Waals surface area contributed by atoms with Crippen LogP contribution in [0, 0.1) is 0 Å². The van der Waals surface area contributed by atoms with Crippen molar-refractivity contribution < 1.29 is 4.79 Å². The maximum absolute atomic E-state index is 12.6. The van der Waals surface area contributed by atoms with Gasteiger partial charge in [0.15, 0.2) is 0 Å². The Morgan fingerprint density at radius 2 is 1.81 bits per heavy atom. The average molecular weight is 356 g/mol. The predicted octanol–water partition coefficient (Wildman–Crippen LogP) is 3.09. The van der Waals surface area contributed by atoms with E-state index in [0.29, 0.717) is 12.2 Å². The Morgan fingerprint density at radius 1 is 0.963 bits per heavy atom. The average Bonchev–Trinajstić information content (AvgIpc) is 2.70. The van der Waals surface area contributed by atoms with Crippen LogP contribution in [0.25, 0.3) is 10.9 Å². The highest BCUT2D eigenvalue weighted by atomic mass is 16.2. The number of hydrogen-bond acceptors (Lipinski definition) is 4. The minimum Gasteiger partial charge on any atom is -0.321 e. The fraction of sp³-hybridized carbons (Fsp3) is 0.0476. The van der Waals surface area contributed by atoms with Crippen LogP contribution >= 0.6 is 0 Å². The molecule has 0 aliphatic heterocycles. The van der Waals surface area contributed by atoms with E-state index in [2.05, 4.69) is 15.4 Å². The fourth-order valence-electron chi connectivity index (χ4n) is 2.79. The van der Waals surface area contributed by atoms with E-state index < -0.39 is 0 Å². The molecule has 0 atom stereocenters. The lowest BCUT2D eigenvalue weighted by atomic mass is 10.2. The number of rotatable bonds is 4. The van der Waals surface area contributed by atoms with E-state index in [1.807, 2.05) is 54.6 Å². The van der Waals surface area contributed by atoms with Crippen molar-refractivity contribution >= 4 is 22.5 Å². The summed E-state index contributed by atoms with van der Waals surface area (Å²) in [6.45, 7) is 0.308. The molecule has 0 aliphatic rings. The Kier molecular flexibility index (Phi) is 4.45. The lowest BCUT2D eigenvalue weighted by Gasteiger charge is -2.08. The van der Waals surface area contributed by atoms with E-state index >= 15 is 0 Å². The standard InChI is InChI=1S/C21H16N4O2/c26-20-11-10-19(24-25(20)14-15-5-2-1-3-6-15)21(27)23-17-8-9-18-16(13-17)7-4-12-22-18/h1-13H,14H2,(H,23,27). The number of pyridine rings is 1. The third-order valence-electron chi connectivity index (χ3n) is 4.14. The molecule has 0 fully saturated rings. The van der Waals surface area contributed by atoms with Gasteiger partial charge in [-0.2, -0.15) is 5.10 Å². The van der Waals surface area contributed by atoms with E-state index in [1.54, 1.807) is 12.3 Å². The second-order valence-electron chi connectivity index (χ2n) is 6.07. The molecule has 6 nitrogen and oxygen atoms in total. The fourth-order valence-corrected chi connectivity index (χ4v) is 2.79. The Labute approximate surface area is 155 Å². The van der Waals surface area contributed by atoms with Crippen molar-refractivity contribution in [1.29, 1.82) is 0 Å². The number of aromatic nitrogens is 3. The zero-order valence-electron chi connectivity index (χ0n) is 14.4. The van der Waals surface area contributed by atoms with Gasteiger partial charge in [0.05, 0.1) is 12.1 Å². The Bertz CT molecular complexity index is 1170. The van der Waals surface area contributed by atoms with E-state index in [4.69, 9.17) is 0 Å². The van der Waals surface area contributed by atoms with Gasteiger partial charge in [-0.3, -0.25) is 14.6 Å². The van der Waals surface area contributed by atoms with Gasteiger partial charge < -0.3 is 5.32 Å². The number of hydrogen-bond donors (Lipinski definition) is 1. The zero-order valence-corrected chi connectivity index (χ0v) is 14.4. The summed E-state index contributed by atoms with van der Waals surface area (Å²) in [6, 6.07) is 21.5. The van der Waals surface area contributed by atoms with Crippen LogP contribution in [-0.4, -0.2) is 20.7 Å². The van der Waals surface area contributed by atoms with E-state index in [0.717, 1.165) is 16.5 Å². The zero-order chi connectivity index (χ0) is 18.6. The van der Waals surface area contributed by atoms with Crippen molar-refractivity contribution in [1.82, 2.24) is 14.8 Å². The second-order valence-corrected chi connectivity index (χ2v) is 6.07. The summed E-state index contributed by atoms with van der Waals surface area (Å²) >= 11 is 0. The molecular formula is C21H16N4O2. The molecule has 2 aromatic heterocycles. The molecule has 0 spiro atoms. The summed E-state index contributed by atoms with van der Waals surface area (Å²) in [5.41, 5.74) is 2.35. The second kappa shape index (κ2) is 7.21. The molecule has 0 saturated heterocycles. The number of anilines is 1. The van der Waals surface area contributed by atoms with Crippen molar-refractivity contribution in [3.05, 3.63) is 101 Å². The van der Waals surface area contributed by atoms with Gasteiger partial charge in [0.25, 0.3) is 11.5 Å². The van der Waals surface area contributed by atoms with Gasteiger partial charge in [-0.1, -0.05) is 36.4 Å². The van der Waals surface area contributed by atoms with Crippen LogP contribution < -0.4 is 10.9 Å². The summed E-state index contributed by atoms with van der Waals surface area (Å²) in [6.07, 6.45) is 1.72. The molecule has 0 aliphatic carbocycles. The van der Waals surface area contributed by atoms with Crippen molar-refractivity contribution in [2.75, 3.05) is 5.32 Å². The van der Waals surface area contributed by atoms with Crippen LogP contribution in [0.15, 0.2) is 83.8 Å². The number of fused-ring (bicyclic) bond motifs is 1. The van der Waals surface area contributed by atoms with Crippen LogP contribution in [0.1, 0.15) is 16.1 Å². The number of benzene rings is 2. The van der Waals surface area contributed by atoms with Crippen molar-refractivity contribution in [2.24, 2.45) is 0 Å². The maximum Gasteiger partial charge on any atom is 0.276 e. The highest BCUT2D eigenvalue weighted by molar-refractivity contribution is 6.03. The number of amides is 1. The monoisotopic (exact) mass is 356 g/mol. The quantitative estimate of drug-likeness (QED) is 0.610. The highest BCUT2D eigenvalue weighted by Crippen LogP contribution is 2.17.